The minimum absolute atomic E-state index is 0.0132. The van der Waals surface area contributed by atoms with Gasteiger partial charge in [0, 0.05) is 12.7 Å². The van der Waals surface area contributed by atoms with Crippen molar-refractivity contribution in [2.24, 2.45) is 5.92 Å². The summed E-state index contributed by atoms with van der Waals surface area (Å²) in [5.74, 6) is 1.88. The summed E-state index contributed by atoms with van der Waals surface area (Å²) in [4.78, 5) is 19.6. The van der Waals surface area contributed by atoms with Crippen molar-refractivity contribution in [3.63, 3.8) is 0 Å². The van der Waals surface area contributed by atoms with Gasteiger partial charge in [-0.15, -0.1) is 0 Å². The molecule has 2 aliphatic rings. The van der Waals surface area contributed by atoms with Gasteiger partial charge in [0.05, 0.1) is 12.2 Å². The van der Waals surface area contributed by atoms with Gasteiger partial charge in [-0.25, -0.2) is 0 Å². The van der Waals surface area contributed by atoms with Crippen LogP contribution in [-0.4, -0.2) is 35.0 Å². The highest BCUT2D eigenvalue weighted by Gasteiger charge is 2.32. The second-order valence-electron chi connectivity index (χ2n) is 7.41. The number of carbonyl (C=O) groups is 1. The Hall–Kier alpha value is -2.56. The molecule has 142 valence electrons. The maximum Gasteiger partial charge on any atom is 0.267 e. The van der Waals surface area contributed by atoms with Gasteiger partial charge in [-0.3, -0.25) is 9.78 Å². The van der Waals surface area contributed by atoms with Crippen molar-refractivity contribution >= 4 is 5.91 Å². The second kappa shape index (κ2) is 8.42. The summed E-state index contributed by atoms with van der Waals surface area (Å²) in [6, 6.07) is 13.3. The molecule has 1 aliphatic heterocycles. The number of rotatable bonds is 5. The molecule has 1 aromatic heterocycles. The summed E-state index contributed by atoms with van der Waals surface area (Å²) >= 11 is 0. The van der Waals surface area contributed by atoms with Gasteiger partial charge in [-0.1, -0.05) is 37.5 Å². The SMILES string of the molecule is O=C(C1COc2ccccc2O1)N(Cc1ccccn1)CC1CCCCC1. The number of benzene rings is 1. The molecule has 1 aliphatic carbocycles. The quantitative estimate of drug-likeness (QED) is 0.807. The van der Waals surface area contributed by atoms with Crippen LogP contribution < -0.4 is 9.47 Å². The van der Waals surface area contributed by atoms with Gasteiger partial charge in [-0.05, 0) is 43.0 Å². The van der Waals surface area contributed by atoms with Crippen LogP contribution in [0, 0.1) is 5.92 Å². The van der Waals surface area contributed by atoms with Crippen molar-refractivity contribution in [3.05, 3.63) is 54.4 Å². The minimum Gasteiger partial charge on any atom is -0.485 e. The van der Waals surface area contributed by atoms with E-state index in [9.17, 15) is 4.79 Å². The number of hydrogen-bond acceptors (Lipinski definition) is 4. The molecule has 0 bridgehead atoms. The van der Waals surface area contributed by atoms with E-state index in [1.165, 1.54) is 32.1 Å². The molecule has 0 spiro atoms. The second-order valence-corrected chi connectivity index (χ2v) is 7.41. The first kappa shape index (κ1) is 17.8. The zero-order valence-corrected chi connectivity index (χ0v) is 15.5. The summed E-state index contributed by atoms with van der Waals surface area (Å²) < 4.78 is 11.7. The molecule has 2 heterocycles. The largest absolute Gasteiger partial charge is 0.485 e. The number of carbonyl (C=O) groups excluding carboxylic acids is 1. The molecule has 1 unspecified atom stereocenters. The molecule has 0 radical (unpaired) electrons. The van der Waals surface area contributed by atoms with Gasteiger partial charge in [0.15, 0.2) is 11.5 Å². The summed E-state index contributed by atoms with van der Waals surface area (Å²) in [5, 5.41) is 0. The predicted molar refractivity (Wildman–Crippen MR) is 103 cm³/mol. The van der Waals surface area contributed by atoms with Gasteiger partial charge in [-0.2, -0.15) is 0 Å². The summed E-state index contributed by atoms with van der Waals surface area (Å²) in [7, 11) is 0. The van der Waals surface area contributed by atoms with Crippen LogP contribution in [0.3, 0.4) is 0 Å². The van der Waals surface area contributed by atoms with Crippen LogP contribution in [-0.2, 0) is 11.3 Å². The Labute approximate surface area is 160 Å². The standard InChI is InChI=1S/C22H26N2O3/c25-22(21-16-26-19-11-4-5-12-20(19)27-21)24(14-17-8-2-1-3-9-17)15-18-10-6-7-13-23-18/h4-7,10-13,17,21H,1-3,8-9,14-16H2. The van der Waals surface area contributed by atoms with E-state index in [2.05, 4.69) is 4.98 Å². The van der Waals surface area contributed by atoms with Crippen LogP contribution in [0.15, 0.2) is 48.7 Å². The Morgan fingerprint density at radius 3 is 2.59 bits per heavy atom. The highest BCUT2D eigenvalue weighted by molar-refractivity contribution is 5.82. The maximum atomic E-state index is 13.3. The van der Waals surface area contributed by atoms with E-state index in [0.717, 1.165) is 12.2 Å². The third-order valence-corrected chi connectivity index (χ3v) is 5.38. The van der Waals surface area contributed by atoms with Gasteiger partial charge < -0.3 is 14.4 Å². The third kappa shape index (κ3) is 4.41. The van der Waals surface area contributed by atoms with E-state index in [-0.39, 0.29) is 12.5 Å². The molecule has 5 heteroatoms. The minimum atomic E-state index is -0.604. The number of fused-ring (bicyclic) bond motifs is 1. The van der Waals surface area contributed by atoms with Crippen molar-refractivity contribution in [1.29, 1.82) is 0 Å². The normalized spacial score (nSPS) is 19.5. The number of nitrogens with zero attached hydrogens (tertiary/aromatic N) is 2. The molecular formula is C22H26N2O3. The van der Waals surface area contributed by atoms with Gasteiger partial charge in [0.1, 0.15) is 6.61 Å². The monoisotopic (exact) mass is 366 g/mol. The molecule has 4 rings (SSSR count). The van der Waals surface area contributed by atoms with Crippen LogP contribution in [0.1, 0.15) is 37.8 Å². The van der Waals surface area contributed by atoms with E-state index < -0.39 is 6.10 Å². The molecular weight excluding hydrogens is 340 g/mol. The first-order valence-corrected chi connectivity index (χ1v) is 9.87. The average molecular weight is 366 g/mol. The van der Waals surface area contributed by atoms with Crippen LogP contribution in [0.5, 0.6) is 11.5 Å². The fraction of sp³-hybridized carbons (Fsp3) is 0.455. The van der Waals surface area contributed by atoms with Crippen LogP contribution >= 0.6 is 0 Å². The van der Waals surface area contributed by atoms with Crippen molar-refractivity contribution in [2.45, 2.75) is 44.8 Å². The van der Waals surface area contributed by atoms with Crippen molar-refractivity contribution in [2.75, 3.05) is 13.2 Å². The van der Waals surface area contributed by atoms with E-state index in [0.29, 0.717) is 24.0 Å². The topological polar surface area (TPSA) is 51.7 Å². The van der Waals surface area contributed by atoms with Gasteiger partial charge in [0.25, 0.3) is 5.91 Å². The average Bonchev–Trinajstić information content (AvgIpc) is 2.74. The molecule has 0 N–H and O–H groups in total. The maximum absolute atomic E-state index is 13.3. The fourth-order valence-corrected chi connectivity index (χ4v) is 3.95. The number of hydrogen-bond donors (Lipinski definition) is 0. The molecule has 1 fully saturated rings. The zero-order valence-electron chi connectivity index (χ0n) is 15.5. The van der Waals surface area contributed by atoms with E-state index >= 15 is 0 Å². The molecule has 27 heavy (non-hydrogen) atoms. The first-order chi connectivity index (χ1) is 13.3. The molecule has 2 aromatic rings. The summed E-state index contributed by atoms with van der Waals surface area (Å²) in [6.07, 6.45) is 7.37. The summed E-state index contributed by atoms with van der Waals surface area (Å²) in [5.41, 5.74) is 0.902. The lowest BCUT2D eigenvalue weighted by Gasteiger charge is -2.33. The molecule has 0 saturated heterocycles. The van der Waals surface area contributed by atoms with E-state index in [1.807, 2.05) is 47.4 Å². The Kier molecular flexibility index (Phi) is 5.56. The van der Waals surface area contributed by atoms with Crippen LogP contribution in [0.25, 0.3) is 0 Å². The fourth-order valence-electron chi connectivity index (χ4n) is 3.95. The molecule has 1 saturated carbocycles. The number of para-hydroxylation sites is 2. The number of pyridine rings is 1. The highest BCUT2D eigenvalue weighted by atomic mass is 16.6. The van der Waals surface area contributed by atoms with Gasteiger partial charge >= 0.3 is 0 Å². The lowest BCUT2D eigenvalue weighted by atomic mass is 9.89. The van der Waals surface area contributed by atoms with Gasteiger partial charge in [0.2, 0.25) is 6.10 Å². The molecule has 1 atom stereocenters. The molecule has 1 aromatic carbocycles. The van der Waals surface area contributed by atoms with Crippen molar-refractivity contribution < 1.29 is 14.3 Å². The Bertz CT molecular complexity index is 759. The molecule has 1 amide bonds. The highest BCUT2D eigenvalue weighted by Crippen LogP contribution is 2.32. The summed E-state index contributed by atoms with van der Waals surface area (Å²) in [6.45, 7) is 1.52. The number of amides is 1. The molecule has 5 nitrogen and oxygen atoms in total. The van der Waals surface area contributed by atoms with E-state index in [1.54, 1.807) is 6.20 Å². The number of ether oxygens (including phenoxy) is 2. The smallest absolute Gasteiger partial charge is 0.267 e. The first-order valence-electron chi connectivity index (χ1n) is 9.87. The lowest BCUT2D eigenvalue weighted by Crippen LogP contribution is -2.47. The zero-order chi connectivity index (χ0) is 18.5. The Morgan fingerprint density at radius 2 is 1.81 bits per heavy atom. The third-order valence-electron chi connectivity index (χ3n) is 5.38. The van der Waals surface area contributed by atoms with E-state index in [4.69, 9.17) is 9.47 Å². The predicted octanol–water partition coefficient (Wildman–Crippen LogP) is 3.83. The Morgan fingerprint density at radius 1 is 1.04 bits per heavy atom. The van der Waals surface area contributed by atoms with Crippen LogP contribution in [0.4, 0.5) is 0 Å². The van der Waals surface area contributed by atoms with Crippen molar-refractivity contribution in [3.8, 4) is 11.5 Å². The van der Waals surface area contributed by atoms with Crippen LogP contribution in [0.2, 0.25) is 0 Å². The number of aromatic nitrogens is 1. The van der Waals surface area contributed by atoms with Crippen molar-refractivity contribution in [1.82, 2.24) is 9.88 Å². The Balaban J connectivity index is 1.49. The lowest BCUT2D eigenvalue weighted by molar-refractivity contribution is -0.142.